The molecule has 0 bridgehead atoms. The highest BCUT2D eigenvalue weighted by molar-refractivity contribution is 6.06. The van der Waals surface area contributed by atoms with E-state index in [1.54, 1.807) is 12.4 Å². The van der Waals surface area contributed by atoms with E-state index in [2.05, 4.69) is 10.3 Å². The molecule has 4 nitrogen and oxygen atoms in total. The minimum atomic E-state index is -0.116. The van der Waals surface area contributed by atoms with Crippen molar-refractivity contribution in [3.8, 4) is 0 Å². The molecule has 0 saturated heterocycles. The van der Waals surface area contributed by atoms with E-state index in [1.165, 1.54) is 0 Å². The van der Waals surface area contributed by atoms with Crippen LogP contribution in [0.25, 0.3) is 10.8 Å². The van der Waals surface area contributed by atoms with Crippen LogP contribution < -0.4 is 5.32 Å². The minimum Gasteiger partial charge on any atom is -0.396 e. The van der Waals surface area contributed by atoms with Crippen molar-refractivity contribution in [1.82, 2.24) is 10.3 Å². The fourth-order valence-corrected chi connectivity index (χ4v) is 2.07. The number of nitrogens with one attached hydrogen (secondary N) is 1. The number of benzene rings is 1. The molecule has 0 radical (unpaired) electrons. The van der Waals surface area contributed by atoms with Crippen molar-refractivity contribution in [3.05, 3.63) is 42.2 Å². The lowest BCUT2D eigenvalue weighted by Gasteiger charge is -2.14. The number of nitrogens with zero attached hydrogens (tertiary/aromatic N) is 1. The zero-order chi connectivity index (χ0) is 13.7. The standard InChI is InChI=1S/C15H18N2O2/c1-11(5-4-8-18)17-15(19)14-10-16-9-12-6-2-3-7-13(12)14/h2-3,6-7,9-11,18H,4-5,8H2,1H3,(H,17,19). The molecular weight excluding hydrogens is 240 g/mol. The van der Waals surface area contributed by atoms with Crippen LogP contribution in [-0.2, 0) is 0 Å². The summed E-state index contributed by atoms with van der Waals surface area (Å²) in [6.07, 6.45) is 4.80. The molecular formula is C15H18N2O2. The third kappa shape index (κ3) is 3.29. The van der Waals surface area contributed by atoms with Gasteiger partial charge in [-0.3, -0.25) is 9.78 Å². The zero-order valence-corrected chi connectivity index (χ0v) is 11.0. The van der Waals surface area contributed by atoms with E-state index in [0.29, 0.717) is 12.0 Å². The van der Waals surface area contributed by atoms with Crippen molar-refractivity contribution in [2.75, 3.05) is 6.61 Å². The molecule has 1 heterocycles. The average molecular weight is 258 g/mol. The lowest BCUT2D eigenvalue weighted by atomic mass is 10.1. The number of aliphatic hydroxyl groups is 1. The molecule has 2 N–H and O–H groups in total. The van der Waals surface area contributed by atoms with Gasteiger partial charge in [0.05, 0.1) is 5.56 Å². The summed E-state index contributed by atoms with van der Waals surface area (Å²) in [5.41, 5.74) is 0.592. The Bertz CT molecular complexity index is 564. The van der Waals surface area contributed by atoms with E-state index in [0.717, 1.165) is 17.2 Å². The Morgan fingerprint density at radius 1 is 1.37 bits per heavy atom. The molecule has 4 heteroatoms. The van der Waals surface area contributed by atoms with Gasteiger partial charge in [0.2, 0.25) is 0 Å². The Balaban J connectivity index is 2.17. The number of amides is 1. The SMILES string of the molecule is CC(CCCO)NC(=O)c1cncc2ccccc12. The van der Waals surface area contributed by atoms with Crippen molar-refractivity contribution in [3.63, 3.8) is 0 Å². The summed E-state index contributed by atoms with van der Waals surface area (Å²) < 4.78 is 0. The maximum Gasteiger partial charge on any atom is 0.253 e. The van der Waals surface area contributed by atoms with E-state index in [1.807, 2.05) is 31.2 Å². The van der Waals surface area contributed by atoms with Crippen LogP contribution in [0.5, 0.6) is 0 Å². The number of rotatable bonds is 5. The number of aromatic nitrogens is 1. The van der Waals surface area contributed by atoms with Gasteiger partial charge in [-0.15, -0.1) is 0 Å². The Kier molecular flexibility index (Phi) is 4.47. The lowest BCUT2D eigenvalue weighted by molar-refractivity contribution is 0.0938. The smallest absolute Gasteiger partial charge is 0.253 e. The first-order valence-electron chi connectivity index (χ1n) is 6.47. The predicted octanol–water partition coefficient (Wildman–Crippen LogP) is 2.13. The molecule has 0 fully saturated rings. The van der Waals surface area contributed by atoms with Crippen molar-refractivity contribution in [1.29, 1.82) is 0 Å². The Morgan fingerprint density at radius 2 is 2.16 bits per heavy atom. The molecule has 100 valence electrons. The van der Waals surface area contributed by atoms with Gasteiger partial charge in [-0.1, -0.05) is 24.3 Å². The maximum atomic E-state index is 12.2. The number of pyridine rings is 1. The van der Waals surface area contributed by atoms with Crippen LogP contribution in [0.1, 0.15) is 30.1 Å². The van der Waals surface area contributed by atoms with Crippen molar-refractivity contribution < 1.29 is 9.90 Å². The molecule has 1 unspecified atom stereocenters. The second-order valence-corrected chi connectivity index (χ2v) is 4.65. The van der Waals surface area contributed by atoms with E-state index in [9.17, 15) is 4.79 Å². The number of carbonyl (C=O) groups excluding carboxylic acids is 1. The van der Waals surface area contributed by atoms with Gasteiger partial charge in [-0.2, -0.15) is 0 Å². The molecule has 0 saturated carbocycles. The van der Waals surface area contributed by atoms with Crippen molar-refractivity contribution >= 4 is 16.7 Å². The van der Waals surface area contributed by atoms with Gasteiger partial charge >= 0.3 is 0 Å². The monoisotopic (exact) mass is 258 g/mol. The van der Waals surface area contributed by atoms with Crippen LogP contribution >= 0.6 is 0 Å². The highest BCUT2D eigenvalue weighted by Crippen LogP contribution is 2.17. The summed E-state index contributed by atoms with van der Waals surface area (Å²) in [5, 5.41) is 13.6. The summed E-state index contributed by atoms with van der Waals surface area (Å²) in [6.45, 7) is 2.09. The Labute approximate surface area is 112 Å². The number of carbonyl (C=O) groups is 1. The van der Waals surface area contributed by atoms with Crippen molar-refractivity contribution in [2.45, 2.75) is 25.8 Å². The molecule has 1 aromatic heterocycles. The summed E-state index contributed by atoms with van der Waals surface area (Å²) >= 11 is 0. The fraction of sp³-hybridized carbons (Fsp3) is 0.333. The quantitative estimate of drug-likeness (QED) is 0.863. The molecule has 2 rings (SSSR count). The molecule has 1 aromatic carbocycles. The summed E-state index contributed by atoms with van der Waals surface area (Å²) in [6, 6.07) is 7.74. The summed E-state index contributed by atoms with van der Waals surface area (Å²) in [7, 11) is 0. The highest BCUT2D eigenvalue weighted by Gasteiger charge is 2.12. The Morgan fingerprint density at radius 3 is 2.95 bits per heavy atom. The normalized spacial score (nSPS) is 12.3. The van der Waals surface area contributed by atoms with Gasteiger partial charge in [0.1, 0.15) is 0 Å². The maximum absolute atomic E-state index is 12.2. The summed E-state index contributed by atoms with van der Waals surface area (Å²) in [4.78, 5) is 16.3. The fourth-order valence-electron chi connectivity index (χ4n) is 2.07. The highest BCUT2D eigenvalue weighted by atomic mass is 16.2. The lowest BCUT2D eigenvalue weighted by Crippen LogP contribution is -2.32. The van der Waals surface area contributed by atoms with E-state index < -0.39 is 0 Å². The van der Waals surface area contributed by atoms with E-state index >= 15 is 0 Å². The molecule has 0 aliphatic rings. The summed E-state index contributed by atoms with van der Waals surface area (Å²) in [5.74, 6) is -0.116. The Hall–Kier alpha value is -1.94. The average Bonchev–Trinajstić information content (AvgIpc) is 2.44. The molecule has 0 aliphatic heterocycles. The molecule has 2 aromatic rings. The van der Waals surface area contributed by atoms with E-state index in [4.69, 9.17) is 5.11 Å². The van der Waals surface area contributed by atoms with Crippen molar-refractivity contribution in [2.24, 2.45) is 0 Å². The first-order valence-corrected chi connectivity index (χ1v) is 6.47. The third-order valence-corrected chi connectivity index (χ3v) is 3.09. The molecule has 0 aliphatic carbocycles. The minimum absolute atomic E-state index is 0.0404. The largest absolute Gasteiger partial charge is 0.396 e. The molecule has 1 atom stereocenters. The van der Waals surface area contributed by atoms with Gasteiger partial charge in [0, 0.05) is 30.4 Å². The van der Waals surface area contributed by atoms with Crippen LogP contribution in [-0.4, -0.2) is 28.6 Å². The molecule has 19 heavy (non-hydrogen) atoms. The first kappa shape index (κ1) is 13.5. The number of hydrogen-bond acceptors (Lipinski definition) is 3. The first-order chi connectivity index (χ1) is 9.22. The second kappa shape index (κ2) is 6.29. The van der Waals surface area contributed by atoms with Gasteiger partial charge in [-0.05, 0) is 25.2 Å². The zero-order valence-electron chi connectivity index (χ0n) is 11.0. The van der Waals surface area contributed by atoms with Crippen LogP contribution in [0.3, 0.4) is 0 Å². The van der Waals surface area contributed by atoms with Gasteiger partial charge in [0.15, 0.2) is 0 Å². The number of aliphatic hydroxyl groups excluding tert-OH is 1. The van der Waals surface area contributed by atoms with Crippen LogP contribution in [0.2, 0.25) is 0 Å². The third-order valence-electron chi connectivity index (χ3n) is 3.09. The van der Waals surface area contributed by atoms with Crippen LogP contribution in [0, 0.1) is 0 Å². The van der Waals surface area contributed by atoms with Gasteiger partial charge in [0.25, 0.3) is 5.91 Å². The van der Waals surface area contributed by atoms with Crippen LogP contribution in [0.4, 0.5) is 0 Å². The molecule has 0 spiro atoms. The number of hydrogen-bond donors (Lipinski definition) is 2. The topological polar surface area (TPSA) is 62.2 Å². The van der Waals surface area contributed by atoms with Gasteiger partial charge < -0.3 is 10.4 Å². The number of fused-ring (bicyclic) bond motifs is 1. The van der Waals surface area contributed by atoms with Crippen LogP contribution in [0.15, 0.2) is 36.7 Å². The molecule has 1 amide bonds. The van der Waals surface area contributed by atoms with E-state index in [-0.39, 0.29) is 18.6 Å². The van der Waals surface area contributed by atoms with Gasteiger partial charge in [-0.25, -0.2) is 0 Å². The second-order valence-electron chi connectivity index (χ2n) is 4.65. The predicted molar refractivity (Wildman–Crippen MR) is 75.0 cm³/mol.